The van der Waals surface area contributed by atoms with Crippen LogP contribution in [0.3, 0.4) is 0 Å². The zero-order valence-electron chi connectivity index (χ0n) is 19.3. The normalized spacial score (nSPS) is 23.3. The van der Waals surface area contributed by atoms with Gasteiger partial charge in [0.05, 0.1) is 29.7 Å². The Morgan fingerprint density at radius 1 is 0.912 bits per heavy atom. The average Bonchev–Trinajstić information content (AvgIpc) is 2.84. The van der Waals surface area contributed by atoms with Gasteiger partial charge in [-0.15, -0.1) is 0 Å². The summed E-state index contributed by atoms with van der Waals surface area (Å²) in [4.78, 5) is 4.97. The van der Waals surface area contributed by atoms with Crippen molar-refractivity contribution in [2.24, 2.45) is 5.92 Å². The van der Waals surface area contributed by atoms with Crippen LogP contribution in [0.1, 0.15) is 59.9 Å². The lowest BCUT2D eigenvalue weighted by Crippen LogP contribution is -2.48. The number of hydrogen-bond donors (Lipinski definition) is 0. The van der Waals surface area contributed by atoms with Gasteiger partial charge in [-0.3, -0.25) is 4.90 Å². The number of rotatable bonds is 5. The van der Waals surface area contributed by atoms with Gasteiger partial charge in [0.2, 0.25) is 0 Å². The predicted octanol–water partition coefficient (Wildman–Crippen LogP) is 6.39. The van der Waals surface area contributed by atoms with E-state index < -0.39 is 0 Å². The molecule has 2 aromatic rings. The number of halogens is 1. The lowest BCUT2D eigenvalue weighted by Gasteiger charge is -2.45. The van der Waals surface area contributed by atoms with Gasteiger partial charge in [-0.05, 0) is 58.1 Å². The smallest absolute Gasteiger partial charge is 0.0991 e. The lowest BCUT2D eigenvalue weighted by molar-refractivity contribution is 0.0892. The zero-order valence-corrected chi connectivity index (χ0v) is 20.9. The van der Waals surface area contributed by atoms with Gasteiger partial charge in [-0.2, -0.15) is 10.5 Å². The van der Waals surface area contributed by atoms with Gasteiger partial charge in [0.25, 0.3) is 0 Å². The molecule has 5 rings (SSSR count). The van der Waals surface area contributed by atoms with Crippen molar-refractivity contribution in [3.05, 3.63) is 93.1 Å². The summed E-state index contributed by atoms with van der Waals surface area (Å²) >= 11 is 3.59. The summed E-state index contributed by atoms with van der Waals surface area (Å²) in [5.74, 6) is 0.608. The SMILES string of the molecule is N#Cc1ccc(CN2CCN(C3=CC=C(Br)CC3C#N)[C@H](c3ccc(C4CCC4)cc3)C2)cc1. The predicted molar refractivity (Wildman–Crippen MR) is 138 cm³/mol. The Bertz CT molecular complexity index is 1160. The van der Waals surface area contributed by atoms with Gasteiger partial charge in [0.1, 0.15) is 0 Å². The van der Waals surface area contributed by atoms with Crippen molar-refractivity contribution in [3.8, 4) is 12.1 Å². The van der Waals surface area contributed by atoms with Crippen molar-refractivity contribution in [2.75, 3.05) is 19.6 Å². The van der Waals surface area contributed by atoms with E-state index in [1.54, 1.807) is 0 Å². The minimum Gasteiger partial charge on any atom is -0.364 e. The van der Waals surface area contributed by atoms with Crippen LogP contribution >= 0.6 is 15.9 Å². The number of piperazine rings is 1. The third-order valence-electron chi connectivity index (χ3n) is 7.53. The molecule has 172 valence electrons. The van der Waals surface area contributed by atoms with E-state index in [1.807, 2.05) is 12.1 Å². The maximum Gasteiger partial charge on any atom is 0.0991 e. The Kier molecular flexibility index (Phi) is 6.86. The molecule has 0 bridgehead atoms. The molecule has 5 heteroatoms. The van der Waals surface area contributed by atoms with Gasteiger partial charge in [-0.25, -0.2) is 0 Å². The summed E-state index contributed by atoms with van der Waals surface area (Å²) in [6.45, 7) is 3.60. The topological polar surface area (TPSA) is 54.1 Å². The molecule has 4 nitrogen and oxygen atoms in total. The van der Waals surface area contributed by atoms with E-state index in [2.05, 4.69) is 86.4 Å². The van der Waals surface area contributed by atoms with Gasteiger partial charge in [0.15, 0.2) is 0 Å². The van der Waals surface area contributed by atoms with Crippen LogP contribution in [0, 0.1) is 28.6 Å². The van der Waals surface area contributed by atoms with Crippen molar-refractivity contribution in [1.29, 1.82) is 10.5 Å². The largest absolute Gasteiger partial charge is 0.364 e. The van der Waals surface area contributed by atoms with Crippen molar-refractivity contribution in [1.82, 2.24) is 9.80 Å². The summed E-state index contributed by atoms with van der Waals surface area (Å²) in [5, 5.41) is 19.0. The fourth-order valence-electron chi connectivity index (χ4n) is 5.32. The highest BCUT2D eigenvalue weighted by molar-refractivity contribution is 9.11. The Morgan fingerprint density at radius 2 is 1.65 bits per heavy atom. The Hall–Kier alpha value is -2.86. The van der Waals surface area contributed by atoms with E-state index in [0.717, 1.165) is 48.7 Å². The van der Waals surface area contributed by atoms with Crippen LogP contribution in [-0.2, 0) is 6.54 Å². The van der Waals surface area contributed by atoms with Gasteiger partial charge >= 0.3 is 0 Å². The molecule has 1 saturated carbocycles. The molecule has 1 saturated heterocycles. The molecule has 1 heterocycles. The molecular weight excluding hydrogens is 484 g/mol. The lowest BCUT2D eigenvalue weighted by atomic mass is 9.79. The maximum atomic E-state index is 9.89. The fourth-order valence-corrected chi connectivity index (χ4v) is 5.78. The number of allylic oxidation sites excluding steroid dienone is 4. The second kappa shape index (κ2) is 10.2. The monoisotopic (exact) mass is 512 g/mol. The van der Waals surface area contributed by atoms with E-state index in [4.69, 9.17) is 5.26 Å². The van der Waals surface area contributed by atoms with Crippen LogP contribution in [0.2, 0.25) is 0 Å². The first-order valence-electron chi connectivity index (χ1n) is 12.2. The molecule has 2 fully saturated rings. The summed E-state index contributed by atoms with van der Waals surface area (Å²) < 4.78 is 1.09. The average molecular weight is 513 g/mol. The first kappa shape index (κ1) is 22.9. The molecule has 3 aliphatic rings. The van der Waals surface area contributed by atoms with Crippen LogP contribution in [0.25, 0.3) is 0 Å². The van der Waals surface area contributed by atoms with E-state index in [9.17, 15) is 5.26 Å². The number of benzene rings is 2. The van der Waals surface area contributed by atoms with Crippen molar-refractivity contribution in [2.45, 2.75) is 44.2 Å². The molecule has 0 amide bonds. The summed E-state index contributed by atoms with van der Waals surface area (Å²) in [5.41, 5.74) is 5.84. The van der Waals surface area contributed by atoms with Crippen LogP contribution in [0.4, 0.5) is 0 Å². The molecule has 2 aromatic carbocycles. The Morgan fingerprint density at radius 3 is 2.29 bits per heavy atom. The molecule has 1 aliphatic heterocycles. The standard InChI is InChI=1S/C29H29BrN4/c30-27-12-13-28(26(16-27)18-32)34-15-14-33(19-22-6-4-21(17-31)5-7-22)20-29(34)25-10-8-24(9-11-25)23-2-1-3-23/h4-13,23,26,29H,1-3,14-16,19-20H2/t26?,29-/m0/s1. The summed E-state index contributed by atoms with van der Waals surface area (Å²) in [6, 6.07) is 22.1. The molecule has 2 atom stereocenters. The first-order valence-corrected chi connectivity index (χ1v) is 13.0. The van der Waals surface area contributed by atoms with E-state index in [-0.39, 0.29) is 12.0 Å². The maximum absolute atomic E-state index is 9.89. The second-order valence-electron chi connectivity index (χ2n) is 9.64. The highest BCUT2D eigenvalue weighted by atomic mass is 79.9. The molecule has 1 unspecified atom stereocenters. The number of nitrogens with zero attached hydrogens (tertiary/aromatic N) is 4. The summed E-state index contributed by atoms with van der Waals surface area (Å²) in [7, 11) is 0. The molecule has 0 radical (unpaired) electrons. The molecule has 0 aromatic heterocycles. The van der Waals surface area contributed by atoms with Crippen LogP contribution < -0.4 is 0 Å². The molecule has 0 N–H and O–H groups in total. The van der Waals surface area contributed by atoms with Crippen molar-refractivity contribution >= 4 is 15.9 Å². The van der Waals surface area contributed by atoms with E-state index in [0.29, 0.717) is 5.56 Å². The highest BCUT2D eigenvalue weighted by Gasteiger charge is 2.33. The minimum absolute atomic E-state index is 0.124. The highest BCUT2D eigenvalue weighted by Crippen LogP contribution is 2.39. The quantitative estimate of drug-likeness (QED) is 0.465. The van der Waals surface area contributed by atoms with E-state index in [1.165, 1.54) is 36.0 Å². The zero-order chi connectivity index (χ0) is 23.5. The molecule has 0 spiro atoms. The van der Waals surface area contributed by atoms with Crippen LogP contribution in [-0.4, -0.2) is 29.4 Å². The van der Waals surface area contributed by atoms with Crippen LogP contribution in [0.5, 0.6) is 0 Å². The van der Waals surface area contributed by atoms with Gasteiger partial charge in [0, 0.05) is 38.3 Å². The van der Waals surface area contributed by atoms with Crippen molar-refractivity contribution < 1.29 is 0 Å². The second-order valence-corrected chi connectivity index (χ2v) is 10.7. The molecule has 2 aliphatic carbocycles. The number of hydrogen-bond acceptors (Lipinski definition) is 4. The van der Waals surface area contributed by atoms with E-state index >= 15 is 0 Å². The van der Waals surface area contributed by atoms with Gasteiger partial charge < -0.3 is 4.90 Å². The Labute approximate surface area is 210 Å². The molecular formula is C29H29BrN4. The minimum atomic E-state index is -0.124. The Balaban J connectivity index is 1.41. The third-order valence-corrected chi connectivity index (χ3v) is 8.12. The first-order chi connectivity index (χ1) is 16.6. The van der Waals surface area contributed by atoms with Crippen LogP contribution in [0.15, 0.2) is 70.9 Å². The van der Waals surface area contributed by atoms with Gasteiger partial charge in [-0.1, -0.05) is 64.8 Å². The van der Waals surface area contributed by atoms with Crippen molar-refractivity contribution in [3.63, 3.8) is 0 Å². The molecule has 34 heavy (non-hydrogen) atoms. The third kappa shape index (κ3) is 4.83. The summed E-state index contributed by atoms with van der Waals surface area (Å²) in [6.07, 6.45) is 8.94. The fraction of sp³-hybridized carbons (Fsp3) is 0.379. The number of nitriles is 2.